The van der Waals surface area contributed by atoms with E-state index in [1.165, 1.54) is 30.4 Å². The molecule has 2 N–H and O–H groups in total. The zero-order valence-electron chi connectivity index (χ0n) is 10.5. The molecule has 0 radical (unpaired) electrons. The summed E-state index contributed by atoms with van der Waals surface area (Å²) in [7, 11) is 0. The van der Waals surface area contributed by atoms with Gasteiger partial charge in [0, 0.05) is 11.5 Å². The fraction of sp³-hybridized carbons (Fsp3) is 0.533. The lowest BCUT2D eigenvalue weighted by molar-refractivity contribution is 0.0925. The number of Topliss-reactive ketones (excluding diaryl/α,β-unsaturated/α-hetero) is 1. The van der Waals surface area contributed by atoms with Crippen molar-refractivity contribution < 1.29 is 4.79 Å². The highest BCUT2D eigenvalue weighted by Gasteiger charge is 2.17. The lowest BCUT2D eigenvalue weighted by Crippen LogP contribution is -2.16. The van der Waals surface area contributed by atoms with Crippen LogP contribution in [0.2, 0.25) is 0 Å². The summed E-state index contributed by atoms with van der Waals surface area (Å²) in [5, 5.41) is 0. The molecule has 0 aliphatic heterocycles. The molecule has 1 aliphatic carbocycles. The maximum atomic E-state index is 12.2. The van der Waals surface area contributed by atoms with E-state index in [4.69, 9.17) is 5.73 Å². The molecule has 2 heteroatoms. The molecule has 0 aromatic heterocycles. The Hall–Kier alpha value is -1.15. The topological polar surface area (TPSA) is 43.1 Å². The third-order valence-corrected chi connectivity index (χ3v) is 3.68. The monoisotopic (exact) mass is 231 g/mol. The molecule has 2 nitrogen and oxygen atoms in total. The molecule has 0 saturated heterocycles. The van der Waals surface area contributed by atoms with Crippen molar-refractivity contribution in [1.82, 2.24) is 0 Å². The van der Waals surface area contributed by atoms with E-state index in [-0.39, 0.29) is 11.7 Å². The molecule has 0 amide bonds. The van der Waals surface area contributed by atoms with Crippen molar-refractivity contribution in [3.05, 3.63) is 34.9 Å². The normalized spacial score (nSPS) is 16.4. The van der Waals surface area contributed by atoms with Crippen LogP contribution in [0, 0.1) is 5.92 Å². The van der Waals surface area contributed by atoms with Gasteiger partial charge in [0.25, 0.3) is 0 Å². The van der Waals surface area contributed by atoms with Gasteiger partial charge in [-0.2, -0.15) is 0 Å². The Morgan fingerprint density at radius 1 is 1.29 bits per heavy atom. The van der Waals surface area contributed by atoms with Gasteiger partial charge in [0.15, 0.2) is 5.78 Å². The number of ketones is 1. The van der Waals surface area contributed by atoms with E-state index in [0.29, 0.717) is 6.54 Å². The maximum absolute atomic E-state index is 12.2. The average molecular weight is 231 g/mol. The maximum Gasteiger partial charge on any atom is 0.165 e. The van der Waals surface area contributed by atoms with Gasteiger partial charge in [-0.1, -0.05) is 19.1 Å². The third-order valence-electron chi connectivity index (χ3n) is 3.68. The van der Waals surface area contributed by atoms with Crippen molar-refractivity contribution in [2.75, 3.05) is 6.54 Å². The summed E-state index contributed by atoms with van der Waals surface area (Å²) >= 11 is 0. The van der Waals surface area contributed by atoms with Gasteiger partial charge in [-0.3, -0.25) is 4.79 Å². The van der Waals surface area contributed by atoms with Crippen LogP contribution in [0.1, 0.15) is 47.7 Å². The second-order valence-corrected chi connectivity index (χ2v) is 5.03. The summed E-state index contributed by atoms with van der Waals surface area (Å²) in [6, 6.07) is 6.22. The molecule has 0 saturated carbocycles. The molecule has 0 spiro atoms. The van der Waals surface area contributed by atoms with Crippen LogP contribution in [-0.2, 0) is 12.8 Å². The first-order valence-electron chi connectivity index (χ1n) is 6.58. The number of hydrogen-bond donors (Lipinski definition) is 1. The van der Waals surface area contributed by atoms with Gasteiger partial charge in [-0.25, -0.2) is 0 Å². The molecular weight excluding hydrogens is 210 g/mol. The molecule has 1 unspecified atom stereocenters. The average Bonchev–Trinajstić information content (AvgIpc) is 2.37. The summed E-state index contributed by atoms with van der Waals surface area (Å²) in [6.07, 6.45) is 5.60. The number of hydrogen-bond acceptors (Lipinski definition) is 2. The van der Waals surface area contributed by atoms with Gasteiger partial charge in [0.1, 0.15) is 0 Å². The van der Waals surface area contributed by atoms with Crippen LogP contribution in [0.3, 0.4) is 0 Å². The number of carbonyl (C=O) groups excluding carboxylic acids is 1. The van der Waals surface area contributed by atoms with Gasteiger partial charge in [-0.15, -0.1) is 0 Å². The number of rotatable bonds is 4. The zero-order chi connectivity index (χ0) is 12.3. The predicted octanol–water partition coefficient (Wildman–Crippen LogP) is 2.73. The van der Waals surface area contributed by atoms with Crippen LogP contribution >= 0.6 is 0 Å². The van der Waals surface area contributed by atoms with Gasteiger partial charge >= 0.3 is 0 Å². The minimum atomic E-state index is 0.0432. The molecule has 1 aliphatic rings. The van der Waals surface area contributed by atoms with Crippen LogP contribution in [0.5, 0.6) is 0 Å². The molecule has 1 aromatic rings. The highest BCUT2D eigenvalue weighted by Crippen LogP contribution is 2.23. The minimum absolute atomic E-state index is 0.0432. The number of fused-ring (bicyclic) bond motifs is 1. The zero-order valence-corrected chi connectivity index (χ0v) is 10.5. The summed E-state index contributed by atoms with van der Waals surface area (Å²) in [6.45, 7) is 2.55. The number of nitrogens with two attached hydrogens (primary N) is 1. The first kappa shape index (κ1) is 12.3. The lowest BCUT2D eigenvalue weighted by Gasteiger charge is -2.17. The van der Waals surface area contributed by atoms with E-state index in [0.717, 1.165) is 18.4 Å². The molecule has 92 valence electrons. The molecule has 1 atom stereocenters. The van der Waals surface area contributed by atoms with E-state index in [1.54, 1.807) is 0 Å². The SMILES string of the molecule is CC(CCN)C(=O)c1ccc2c(c1)CCCC2. The Morgan fingerprint density at radius 3 is 2.71 bits per heavy atom. The predicted molar refractivity (Wildman–Crippen MR) is 70.2 cm³/mol. The van der Waals surface area contributed by atoms with Gasteiger partial charge in [-0.05, 0) is 55.8 Å². The van der Waals surface area contributed by atoms with Crippen LogP contribution in [0.15, 0.2) is 18.2 Å². The van der Waals surface area contributed by atoms with Crippen molar-refractivity contribution in [3.63, 3.8) is 0 Å². The molecule has 0 heterocycles. The lowest BCUT2D eigenvalue weighted by atomic mass is 9.88. The van der Waals surface area contributed by atoms with Crippen molar-refractivity contribution in [3.8, 4) is 0 Å². The molecular formula is C15H21NO. The standard InChI is InChI=1S/C15H21NO/c1-11(8-9-16)15(17)14-7-6-12-4-2-3-5-13(12)10-14/h6-7,10-11H,2-5,8-9,16H2,1H3. The molecule has 2 rings (SSSR count). The van der Waals surface area contributed by atoms with Crippen molar-refractivity contribution in [2.24, 2.45) is 11.7 Å². The Bertz CT molecular complexity index is 411. The summed E-state index contributed by atoms with van der Waals surface area (Å²) in [5.74, 6) is 0.283. The molecule has 0 bridgehead atoms. The fourth-order valence-corrected chi connectivity index (χ4v) is 2.55. The quantitative estimate of drug-likeness (QED) is 0.810. The Labute approximate surface area is 103 Å². The first-order chi connectivity index (χ1) is 8.22. The van der Waals surface area contributed by atoms with Crippen molar-refractivity contribution in [2.45, 2.75) is 39.0 Å². The summed E-state index contributed by atoms with van der Waals surface area (Å²) in [5.41, 5.74) is 9.18. The number of benzene rings is 1. The van der Waals surface area contributed by atoms with Crippen LogP contribution in [0.4, 0.5) is 0 Å². The largest absolute Gasteiger partial charge is 0.330 e. The number of carbonyl (C=O) groups is 1. The van der Waals surface area contributed by atoms with Gasteiger partial charge in [0.2, 0.25) is 0 Å². The van der Waals surface area contributed by atoms with E-state index >= 15 is 0 Å². The van der Waals surface area contributed by atoms with Crippen molar-refractivity contribution >= 4 is 5.78 Å². The van der Waals surface area contributed by atoms with Gasteiger partial charge < -0.3 is 5.73 Å². The molecule has 17 heavy (non-hydrogen) atoms. The highest BCUT2D eigenvalue weighted by molar-refractivity contribution is 5.97. The van der Waals surface area contributed by atoms with E-state index in [9.17, 15) is 4.79 Å². The van der Waals surface area contributed by atoms with E-state index in [2.05, 4.69) is 12.1 Å². The Kier molecular flexibility index (Phi) is 3.95. The molecule has 0 fully saturated rings. The van der Waals surface area contributed by atoms with Gasteiger partial charge in [0.05, 0.1) is 0 Å². The third kappa shape index (κ3) is 2.75. The van der Waals surface area contributed by atoms with E-state index < -0.39 is 0 Å². The smallest absolute Gasteiger partial charge is 0.165 e. The second kappa shape index (κ2) is 5.46. The minimum Gasteiger partial charge on any atom is -0.330 e. The van der Waals surface area contributed by atoms with Crippen LogP contribution in [0.25, 0.3) is 0 Å². The summed E-state index contributed by atoms with van der Waals surface area (Å²) < 4.78 is 0. The Morgan fingerprint density at radius 2 is 2.00 bits per heavy atom. The Balaban J connectivity index is 2.19. The fourth-order valence-electron chi connectivity index (χ4n) is 2.55. The molecule has 1 aromatic carbocycles. The first-order valence-corrected chi connectivity index (χ1v) is 6.58. The van der Waals surface area contributed by atoms with Crippen molar-refractivity contribution in [1.29, 1.82) is 0 Å². The highest BCUT2D eigenvalue weighted by atomic mass is 16.1. The van der Waals surface area contributed by atoms with Crippen LogP contribution in [-0.4, -0.2) is 12.3 Å². The number of aryl methyl sites for hydroxylation is 2. The second-order valence-electron chi connectivity index (χ2n) is 5.03. The summed E-state index contributed by atoms with van der Waals surface area (Å²) in [4.78, 5) is 12.2. The van der Waals surface area contributed by atoms with E-state index in [1.807, 2.05) is 13.0 Å². The van der Waals surface area contributed by atoms with Crippen LogP contribution < -0.4 is 5.73 Å².